The summed E-state index contributed by atoms with van der Waals surface area (Å²) in [5, 5.41) is 4.41. The Morgan fingerprint density at radius 1 is 1.04 bits per heavy atom. The Balaban J connectivity index is 1.69. The fourth-order valence-corrected chi connectivity index (χ4v) is 2.66. The first kappa shape index (κ1) is 18.0. The van der Waals surface area contributed by atoms with Gasteiger partial charge in [-0.2, -0.15) is 13.2 Å². The molecular weight excluding hydrogens is 363 g/mol. The number of nitrogens with zero attached hydrogens (tertiary/aromatic N) is 2. The highest BCUT2D eigenvalue weighted by Gasteiger charge is 2.32. The number of rotatable bonds is 3. The molecule has 0 aliphatic heterocycles. The molecule has 26 heavy (non-hydrogen) atoms. The summed E-state index contributed by atoms with van der Waals surface area (Å²) in [6, 6.07) is 10.7. The van der Waals surface area contributed by atoms with Crippen molar-refractivity contribution in [3.63, 3.8) is 0 Å². The molecule has 0 atom stereocenters. The van der Waals surface area contributed by atoms with Crippen LogP contribution in [0.2, 0.25) is 5.02 Å². The van der Waals surface area contributed by atoms with Gasteiger partial charge in [-0.25, -0.2) is 9.97 Å². The Morgan fingerprint density at radius 3 is 2.65 bits per heavy atom. The Hall–Kier alpha value is -2.78. The molecule has 0 amide bonds. The number of hydrogen-bond acceptors (Lipinski definition) is 3. The quantitative estimate of drug-likeness (QED) is 0.508. The first-order valence-corrected chi connectivity index (χ1v) is 8.13. The van der Waals surface area contributed by atoms with Gasteiger partial charge in [0.1, 0.15) is 12.1 Å². The standard InChI is InChI=1S/C19H13ClF3N3/c20-16-10-5-8-14-17(16)25-12-26-18(14)24-11-4-3-7-13-6-1-2-9-15(13)19(21,22)23/h1-2,5-6,8-10,12H,4,11H2,(H,24,25,26). The topological polar surface area (TPSA) is 37.8 Å². The summed E-state index contributed by atoms with van der Waals surface area (Å²) in [5.41, 5.74) is -0.118. The van der Waals surface area contributed by atoms with Crippen molar-refractivity contribution in [2.45, 2.75) is 12.6 Å². The smallest absolute Gasteiger partial charge is 0.368 e. The van der Waals surface area contributed by atoms with Crippen LogP contribution in [0, 0.1) is 11.8 Å². The summed E-state index contributed by atoms with van der Waals surface area (Å²) in [4.78, 5) is 8.31. The molecule has 0 bridgehead atoms. The van der Waals surface area contributed by atoms with E-state index in [9.17, 15) is 13.2 Å². The molecule has 2 aromatic carbocycles. The number of hydrogen-bond donors (Lipinski definition) is 1. The van der Waals surface area contributed by atoms with Crippen LogP contribution in [0.4, 0.5) is 19.0 Å². The van der Waals surface area contributed by atoms with Gasteiger partial charge in [0.2, 0.25) is 0 Å². The Kier molecular flexibility index (Phi) is 5.29. The van der Waals surface area contributed by atoms with Crippen LogP contribution in [0.15, 0.2) is 48.8 Å². The van der Waals surface area contributed by atoms with Gasteiger partial charge in [-0.1, -0.05) is 41.6 Å². The van der Waals surface area contributed by atoms with Gasteiger partial charge in [-0.15, -0.1) is 0 Å². The van der Waals surface area contributed by atoms with Crippen LogP contribution in [-0.2, 0) is 6.18 Å². The minimum absolute atomic E-state index is 0.0285. The van der Waals surface area contributed by atoms with Crippen molar-refractivity contribution >= 4 is 28.3 Å². The second kappa shape index (κ2) is 7.63. The molecule has 1 aromatic heterocycles. The second-order valence-corrected chi connectivity index (χ2v) is 5.79. The average molecular weight is 376 g/mol. The molecule has 0 spiro atoms. The molecule has 0 aliphatic carbocycles. The number of halogens is 4. The molecule has 7 heteroatoms. The van der Waals surface area contributed by atoms with Crippen LogP contribution < -0.4 is 5.32 Å². The van der Waals surface area contributed by atoms with E-state index < -0.39 is 11.7 Å². The Morgan fingerprint density at radius 2 is 1.85 bits per heavy atom. The highest BCUT2D eigenvalue weighted by molar-refractivity contribution is 6.35. The van der Waals surface area contributed by atoms with E-state index in [2.05, 4.69) is 27.1 Å². The normalized spacial score (nSPS) is 11.1. The lowest BCUT2D eigenvalue weighted by Crippen LogP contribution is -2.07. The van der Waals surface area contributed by atoms with E-state index in [0.717, 1.165) is 11.5 Å². The van der Waals surface area contributed by atoms with Crippen LogP contribution in [-0.4, -0.2) is 16.5 Å². The molecular formula is C19H13ClF3N3. The fraction of sp³-hybridized carbons (Fsp3) is 0.158. The van der Waals surface area contributed by atoms with Crippen LogP contribution in [0.5, 0.6) is 0 Å². The maximum Gasteiger partial charge on any atom is 0.417 e. The molecule has 0 aliphatic rings. The van der Waals surface area contributed by atoms with E-state index in [1.165, 1.54) is 24.5 Å². The monoisotopic (exact) mass is 375 g/mol. The number of anilines is 1. The van der Waals surface area contributed by atoms with E-state index in [-0.39, 0.29) is 5.56 Å². The highest BCUT2D eigenvalue weighted by Crippen LogP contribution is 2.31. The van der Waals surface area contributed by atoms with Crippen LogP contribution in [0.25, 0.3) is 10.9 Å². The van der Waals surface area contributed by atoms with Crippen molar-refractivity contribution in [1.29, 1.82) is 0 Å². The molecule has 0 saturated heterocycles. The third-order valence-electron chi connectivity index (χ3n) is 3.61. The molecule has 1 heterocycles. The van der Waals surface area contributed by atoms with Gasteiger partial charge >= 0.3 is 6.18 Å². The minimum atomic E-state index is -4.41. The SMILES string of the molecule is FC(F)(F)c1ccccc1C#CCCNc1ncnc2c(Cl)cccc12. The molecule has 132 valence electrons. The zero-order valence-electron chi connectivity index (χ0n) is 13.4. The zero-order chi connectivity index (χ0) is 18.6. The van der Waals surface area contributed by atoms with E-state index in [4.69, 9.17) is 11.6 Å². The number of alkyl halides is 3. The summed E-state index contributed by atoms with van der Waals surface area (Å²) in [5.74, 6) is 5.96. The largest absolute Gasteiger partial charge is 0.417 e. The number of benzene rings is 2. The number of aromatic nitrogens is 2. The number of fused-ring (bicyclic) bond motifs is 1. The third kappa shape index (κ3) is 4.06. The molecule has 0 saturated carbocycles. The average Bonchev–Trinajstić information content (AvgIpc) is 2.61. The minimum Gasteiger partial charge on any atom is -0.368 e. The molecule has 3 rings (SSSR count). The van der Waals surface area contributed by atoms with Crippen molar-refractivity contribution in [3.05, 3.63) is 64.9 Å². The maximum atomic E-state index is 12.9. The lowest BCUT2D eigenvalue weighted by molar-refractivity contribution is -0.137. The van der Waals surface area contributed by atoms with Crippen molar-refractivity contribution < 1.29 is 13.2 Å². The highest BCUT2D eigenvalue weighted by atomic mass is 35.5. The van der Waals surface area contributed by atoms with E-state index in [1.807, 2.05) is 6.07 Å². The first-order chi connectivity index (χ1) is 12.5. The molecule has 3 nitrogen and oxygen atoms in total. The summed E-state index contributed by atoms with van der Waals surface area (Å²) in [6.07, 6.45) is -2.65. The number of nitrogens with one attached hydrogen (secondary N) is 1. The Bertz CT molecular complexity index is 990. The van der Waals surface area contributed by atoms with Crippen LogP contribution in [0.1, 0.15) is 17.5 Å². The predicted molar refractivity (Wildman–Crippen MR) is 96.0 cm³/mol. The lowest BCUT2D eigenvalue weighted by atomic mass is 10.1. The fourth-order valence-electron chi connectivity index (χ4n) is 2.43. The molecule has 3 aromatic rings. The first-order valence-electron chi connectivity index (χ1n) is 7.75. The Labute approximate surface area is 153 Å². The number of para-hydroxylation sites is 1. The van der Waals surface area contributed by atoms with E-state index in [1.54, 1.807) is 12.1 Å². The van der Waals surface area contributed by atoms with Crippen molar-refractivity contribution in [3.8, 4) is 11.8 Å². The van der Waals surface area contributed by atoms with Gasteiger partial charge in [0.15, 0.2) is 0 Å². The van der Waals surface area contributed by atoms with Crippen LogP contribution >= 0.6 is 11.6 Å². The second-order valence-electron chi connectivity index (χ2n) is 5.38. The van der Waals surface area contributed by atoms with E-state index in [0.29, 0.717) is 29.3 Å². The molecule has 0 unspecified atom stereocenters. The van der Waals surface area contributed by atoms with Crippen molar-refractivity contribution in [1.82, 2.24) is 9.97 Å². The van der Waals surface area contributed by atoms with E-state index >= 15 is 0 Å². The summed E-state index contributed by atoms with van der Waals surface area (Å²) >= 11 is 6.10. The van der Waals surface area contributed by atoms with Gasteiger partial charge < -0.3 is 5.32 Å². The molecule has 0 fully saturated rings. The van der Waals surface area contributed by atoms with Gasteiger partial charge in [0, 0.05) is 23.9 Å². The molecule has 0 radical (unpaired) electrons. The van der Waals surface area contributed by atoms with Crippen molar-refractivity contribution in [2.24, 2.45) is 0 Å². The maximum absolute atomic E-state index is 12.9. The zero-order valence-corrected chi connectivity index (χ0v) is 14.2. The summed E-state index contributed by atoms with van der Waals surface area (Å²) < 4.78 is 38.8. The van der Waals surface area contributed by atoms with Gasteiger partial charge in [-0.05, 0) is 24.3 Å². The molecule has 1 N–H and O–H groups in total. The van der Waals surface area contributed by atoms with Crippen LogP contribution in [0.3, 0.4) is 0 Å². The van der Waals surface area contributed by atoms with Crippen molar-refractivity contribution in [2.75, 3.05) is 11.9 Å². The van der Waals surface area contributed by atoms with Gasteiger partial charge in [-0.3, -0.25) is 0 Å². The van der Waals surface area contributed by atoms with Gasteiger partial charge in [0.05, 0.1) is 16.1 Å². The summed E-state index contributed by atoms with van der Waals surface area (Å²) in [6.45, 7) is 0.430. The third-order valence-corrected chi connectivity index (χ3v) is 3.92. The summed E-state index contributed by atoms with van der Waals surface area (Å²) in [7, 11) is 0. The van der Waals surface area contributed by atoms with Gasteiger partial charge in [0.25, 0.3) is 0 Å². The predicted octanol–water partition coefficient (Wildman–Crippen LogP) is 5.16. The lowest BCUT2D eigenvalue weighted by Gasteiger charge is -2.08.